The topological polar surface area (TPSA) is 70.5 Å². The molecular formula is C22H21F3N2O4S. The number of hydrogen-bond donors (Lipinski definition) is 0. The van der Waals surface area contributed by atoms with Crippen molar-refractivity contribution in [3.05, 3.63) is 59.1 Å². The Morgan fingerprint density at radius 2 is 1.59 bits per heavy atom. The van der Waals surface area contributed by atoms with E-state index in [9.17, 15) is 18.0 Å². The highest BCUT2D eigenvalue weighted by Crippen LogP contribution is 2.32. The van der Waals surface area contributed by atoms with Crippen LogP contribution in [0.15, 0.2) is 48.5 Å². The Bertz CT molecular complexity index is 1050. The van der Waals surface area contributed by atoms with Crippen LogP contribution in [0.4, 0.5) is 13.2 Å². The number of benzene rings is 2. The molecular weight excluding hydrogens is 445 g/mol. The smallest absolute Gasteiger partial charge is 0.416 e. The van der Waals surface area contributed by atoms with E-state index in [2.05, 4.69) is 10.2 Å². The lowest BCUT2D eigenvalue weighted by Gasteiger charge is -2.24. The van der Waals surface area contributed by atoms with Crippen molar-refractivity contribution in [2.24, 2.45) is 0 Å². The summed E-state index contributed by atoms with van der Waals surface area (Å²) in [6.07, 6.45) is -4.38. The van der Waals surface area contributed by atoms with Crippen LogP contribution in [0.5, 0.6) is 11.5 Å². The molecule has 0 spiro atoms. The average molecular weight is 466 g/mol. The zero-order chi connectivity index (χ0) is 23.4. The molecule has 0 aliphatic heterocycles. The van der Waals surface area contributed by atoms with Gasteiger partial charge in [-0.2, -0.15) is 13.2 Å². The molecule has 0 fully saturated rings. The largest absolute Gasteiger partial charge is 0.486 e. The minimum absolute atomic E-state index is 0.146. The van der Waals surface area contributed by atoms with Gasteiger partial charge in [-0.05, 0) is 57.2 Å². The summed E-state index contributed by atoms with van der Waals surface area (Å²) in [5.41, 5.74) is -1.29. The van der Waals surface area contributed by atoms with Gasteiger partial charge in [0.25, 0.3) is 0 Å². The third-order valence-corrected chi connectivity index (χ3v) is 5.20. The first kappa shape index (κ1) is 23.5. The first-order valence-electron chi connectivity index (χ1n) is 9.67. The van der Waals surface area contributed by atoms with Gasteiger partial charge < -0.3 is 14.2 Å². The van der Waals surface area contributed by atoms with Crippen LogP contribution < -0.4 is 9.47 Å². The second-order valence-electron chi connectivity index (χ2n) is 7.17. The van der Waals surface area contributed by atoms with Crippen LogP contribution in [0.3, 0.4) is 0 Å². The molecule has 3 rings (SSSR count). The van der Waals surface area contributed by atoms with E-state index in [0.717, 1.165) is 12.1 Å². The zero-order valence-corrected chi connectivity index (χ0v) is 18.4. The molecule has 0 bridgehead atoms. The van der Waals surface area contributed by atoms with E-state index < -0.39 is 23.3 Å². The van der Waals surface area contributed by atoms with Crippen molar-refractivity contribution in [2.45, 2.75) is 39.2 Å². The van der Waals surface area contributed by atoms with Gasteiger partial charge in [0.15, 0.2) is 10.6 Å². The SMILES string of the molecule is CCOC(=O)C(C)(C)Oc1ccc(OCc2nnc(-c3ccc(C(F)(F)F)cc3)s2)cc1. The predicted molar refractivity (Wildman–Crippen MR) is 112 cm³/mol. The number of esters is 1. The Balaban J connectivity index is 1.57. The van der Waals surface area contributed by atoms with E-state index in [0.29, 0.717) is 27.1 Å². The van der Waals surface area contributed by atoms with E-state index in [1.165, 1.54) is 23.5 Å². The molecule has 0 aliphatic rings. The Hall–Kier alpha value is -3.14. The van der Waals surface area contributed by atoms with Gasteiger partial charge in [-0.15, -0.1) is 10.2 Å². The van der Waals surface area contributed by atoms with E-state index in [4.69, 9.17) is 14.2 Å². The molecule has 10 heteroatoms. The van der Waals surface area contributed by atoms with Crippen LogP contribution in [-0.4, -0.2) is 28.4 Å². The van der Waals surface area contributed by atoms with Crippen molar-refractivity contribution >= 4 is 17.3 Å². The molecule has 0 N–H and O–H groups in total. The zero-order valence-electron chi connectivity index (χ0n) is 17.6. The van der Waals surface area contributed by atoms with Crippen LogP contribution in [0, 0.1) is 0 Å². The highest BCUT2D eigenvalue weighted by molar-refractivity contribution is 7.14. The van der Waals surface area contributed by atoms with E-state index in [1.54, 1.807) is 45.0 Å². The van der Waals surface area contributed by atoms with Crippen LogP contribution in [0.2, 0.25) is 0 Å². The molecule has 0 atom stereocenters. The molecule has 1 heterocycles. The molecule has 2 aromatic carbocycles. The van der Waals surface area contributed by atoms with Gasteiger partial charge >= 0.3 is 12.1 Å². The number of aromatic nitrogens is 2. The predicted octanol–water partition coefficient (Wildman–Crippen LogP) is 5.52. The fourth-order valence-electron chi connectivity index (χ4n) is 2.62. The van der Waals surface area contributed by atoms with Crippen molar-refractivity contribution in [1.29, 1.82) is 0 Å². The van der Waals surface area contributed by atoms with E-state index in [-0.39, 0.29) is 13.2 Å². The Labute approximate surface area is 187 Å². The first-order valence-corrected chi connectivity index (χ1v) is 10.5. The lowest BCUT2D eigenvalue weighted by Crippen LogP contribution is -2.39. The van der Waals surface area contributed by atoms with Crippen LogP contribution in [-0.2, 0) is 22.3 Å². The minimum atomic E-state index is -4.38. The maximum absolute atomic E-state index is 12.7. The number of halogens is 3. The summed E-state index contributed by atoms with van der Waals surface area (Å²) in [4.78, 5) is 11.9. The second-order valence-corrected chi connectivity index (χ2v) is 8.23. The number of carbonyl (C=O) groups excluding carboxylic acids is 1. The summed E-state index contributed by atoms with van der Waals surface area (Å²) in [6.45, 7) is 5.39. The van der Waals surface area contributed by atoms with Gasteiger partial charge in [0, 0.05) is 5.56 Å². The summed E-state index contributed by atoms with van der Waals surface area (Å²) in [6, 6.07) is 11.5. The minimum Gasteiger partial charge on any atom is -0.486 e. The van der Waals surface area contributed by atoms with E-state index in [1.807, 2.05) is 0 Å². The van der Waals surface area contributed by atoms with Crippen molar-refractivity contribution < 1.29 is 32.2 Å². The second kappa shape index (κ2) is 9.56. The molecule has 3 aromatic rings. The fraction of sp³-hybridized carbons (Fsp3) is 0.318. The molecule has 0 radical (unpaired) electrons. The standard InChI is InChI=1S/C22H21F3N2O4S/c1-4-29-20(28)21(2,3)31-17-11-9-16(10-12-17)30-13-18-26-27-19(32-18)14-5-7-15(8-6-14)22(23,24)25/h5-12H,4,13H2,1-3H3. The van der Waals surface area contributed by atoms with Crippen LogP contribution in [0.25, 0.3) is 10.6 Å². The maximum Gasteiger partial charge on any atom is 0.416 e. The molecule has 0 unspecified atom stereocenters. The monoisotopic (exact) mass is 466 g/mol. The van der Waals surface area contributed by atoms with E-state index >= 15 is 0 Å². The van der Waals surface area contributed by atoms with Gasteiger partial charge in [0.1, 0.15) is 23.1 Å². The average Bonchev–Trinajstić information content (AvgIpc) is 3.22. The van der Waals surface area contributed by atoms with Gasteiger partial charge in [0.05, 0.1) is 12.2 Å². The van der Waals surface area contributed by atoms with Gasteiger partial charge in [-0.25, -0.2) is 4.79 Å². The Kier molecular flexibility index (Phi) is 7.02. The number of carbonyl (C=O) groups is 1. The molecule has 0 saturated heterocycles. The number of rotatable bonds is 8. The highest BCUT2D eigenvalue weighted by Gasteiger charge is 2.31. The lowest BCUT2D eigenvalue weighted by atomic mass is 10.1. The third-order valence-electron chi connectivity index (χ3n) is 4.25. The highest BCUT2D eigenvalue weighted by atomic mass is 32.1. The quantitative estimate of drug-likeness (QED) is 0.407. The maximum atomic E-state index is 12.7. The first-order chi connectivity index (χ1) is 15.1. The Morgan fingerprint density at radius 3 is 2.19 bits per heavy atom. The molecule has 0 aliphatic carbocycles. The van der Waals surface area contributed by atoms with Crippen molar-refractivity contribution in [3.63, 3.8) is 0 Å². The third kappa shape index (κ3) is 5.97. The van der Waals surface area contributed by atoms with Crippen molar-refractivity contribution in [2.75, 3.05) is 6.61 Å². The number of hydrogen-bond acceptors (Lipinski definition) is 7. The fourth-order valence-corrected chi connectivity index (χ4v) is 3.38. The van der Waals surface area contributed by atoms with Crippen molar-refractivity contribution in [1.82, 2.24) is 10.2 Å². The van der Waals surface area contributed by atoms with Crippen LogP contribution >= 0.6 is 11.3 Å². The number of ether oxygens (including phenoxy) is 3. The van der Waals surface area contributed by atoms with Crippen LogP contribution in [0.1, 0.15) is 31.3 Å². The van der Waals surface area contributed by atoms with Crippen molar-refractivity contribution in [3.8, 4) is 22.1 Å². The summed E-state index contributed by atoms with van der Waals surface area (Å²) in [7, 11) is 0. The molecule has 0 saturated carbocycles. The molecule has 1 aromatic heterocycles. The van der Waals surface area contributed by atoms with Gasteiger partial charge in [-0.3, -0.25) is 0 Å². The molecule has 32 heavy (non-hydrogen) atoms. The summed E-state index contributed by atoms with van der Waals surface area (Å²) < 4.78 is 54.4. The number of alkyl halides is 3. The molecule has 0 amide bonds. The van der Waals surface area contributed by atoms with Gasteiger partial charge in [0.2, 0.25) is 0 Å². The summed E-state index contributed by atoms with van der Waals surface area (Å²) in [5.74, 6) is 0.578. The summed E-state index contributed by atoms with van der Waals surface area (Å²) >= 11 is 1.23. The molecule has 170 valence electrons. The normalized spacial score (nSPS) is 11.8. The van der Waals surface area contributed by atoms with Gasteiger partial charge in [-0.1, -0.05) is 23.5 Å². The Morgan fingerprint density at radius 1 is 0.969 bits per heavy atom. The number of nitrogens with zero attached hydrogens (tertiary/aromatic N) is 2. The summed E-state index contributed by atoms with van der Waals surface area (Å²) in [5, 5.41) is 9.12. The lowest BCUT2D eigenvalue weighted by molar-refractivity contribution is -0.158. The molecule has 6 nitrogen and oxygen atoms in total.